The van der Waals surface area contributed by atoms with Crippen LogP contribution >= 0.6 is 7.60 Å². The van der Waals surface area contributed by atoms with Crippen LogP contribution in [0.1, 0.15) is 25.0 Å². The number of hydrogen-bond acceptors (Lipinski definition) is 7. The van der Waals surface area contributed by atoms with Crippen molar-refractivity contribution >= 4 is 18.6 Å². The molecule has 0 aliphatic carbocycles. The molecule has 0 fully saturated rings. The molecule has 0 bridgehead atoms. The zero-order valence-electron chi connectivity index (χ0n) is 16.1. The smallest absolute Gasteiger partial charge is 0.344 e. The maximum atomic E-state index is 12.5. The number of nitrogens with zero attached hydrogens (tertiary/aromatic N) is 2. The number of aromatic amines is 1. The Morgan fingerprint density at radius 1 is 1.11 bits per heavy atom. The van der Waals surface area contributed by atoms with Crippen molar-refractivity contribution in [3.63, 3.8) is 0 Å². The van der Waals surface area contributed by atoms with Gasteiger partial charge in [-0.3, -0.25) is 4.57 Å². The molecule has 1 aromatic carbocycles. The predicted molar refractivity (Wildman–Crippen MR) is 107 cm³/mol. The van der Waals surface area contributed by atoms with Crippen LogP contribution in [0.15, 0.2) is 42.9 Å². The predicted octanol–water partition coefficient (Wildman–Crippen LogP) is 3.85. The summed E-state index contributed by atoms with van der Waals surface area (Å²) in [7, 11) is -3.13. The average molecular weight is 404 g/mol. The topological polar surface area (TPSA) is 98.4 Å². The number of ether oxygens (including phenoxy) is 1. The van der Waals surface area contributed by atoms with Gasteiger partial charge in [0.05, 0.1) is 25.0 Å². The summed E-state index contributed by atoms with van der Waals surface area (Å²) in [4.78, 5) is 11.8. The summed E-state index contributed by atoms with van der Waals surface area (Å²) >= 11 is 0. The molecule has 0 aliphatic rings. The van der Waals surface area contributed by atoms with Crippen LogP contribution in [0.25, 0.3) is 11.0 Å². The number of hydrogen-bond donors (Lipinski definition) is 2. The van der Waals surface area contributed by atoms with Gasteiger partial charge in [0.2, 0.25) is 5.88 Å². The first-order chi connectivity index (χ1) is 13.6. The molecule has 0 spiro atoms. The van der Waals surface area contributed by atoms with Gasteiger partial charge in [0.15, 0.2) is 0 Å². The lowest BCUT2D eigenvalue weighted by molar-refractivity contribution is 0.218. The monoisotopic (exact) mass is 404 g/mol. The van der Waals surface area contributed by atoms with Crippen molar-refractivity contribution in [1.82, 2.24) is 20.3 Å². The first-order valence-electron chi connectivity index (χ1n) is 9.21. The quantitative estimate of drug-likeness (QED) is 0.468. The van der Waals surface area contributed by atoms with Gasteiger partial charge < -0.3 is 24.1 Å². The van der Waals surface area contributed by atoms with E-state index in [0.717, 1.165) is 22.2 Å². The normalized spacial score (nSPS) is 11.8. The third-order valence-electron chi connectivity index (χ3n) is 4.00. The molecule has 0 amide bonds. The van der Waals surface area contributed by atoms with Crippen molar-refractivity contribution in [1.29, 1.82) is 0 Å². The third kappa shape index (κ3) is 5.17. The molecule has 0 saturated heterocycles. The van der Waals surface area contributed by atoms with Crippen LogP contribution in [0.3, 0.4) is 0 Å². The summed E-state index contributed by atoms with van der Waals surface area (Å²) in [5.74, 6) is 0.495. The van der Waals surface area contributed by atoms with Gasteiger partial charge in [-0.15, -0.1) is 0 Å². The van der Waals surface area contributed by atoms with Crippen molar-refractivity contribution in [2.24, 2.45) is 0 Å². The molecule has 3 rings (SSSR count). The van der Waals surface area contributed by atoms with E-state index in [1.807, 2.05) is 36.5 Å². The van der Waals surface area contributed by atoms with E-state index < -0.39 is 7.60 Å². The standard InChI is InChI=1S/C19H25N4O4P/c1-3-26-28(24,27-4-2)14-20-10-16-11-21-18-17(16)22-13-23-19(18)25-12-15-8-6-5-7-9-15/h5-9,11,13,20-21H,3-4,10,12,14H2,1-2H3. The largest absolute Gasteiger partial charge is 0.471 e. The number of rotatable bonds is 11. The van der Waals surface area contributed by atoms with E-state index in [0.29, 0.717) is 32.2 Å². The summed E-state index contributed by atoms with van der Waals surface area (Å²) in [6, 6.07) is 9.90. The zero-order valence-corrected chi connectivity index (χ0v) is 16.9. The highest BCUT2D eigenvalue weighted by molar-refractivity contribution is 7.53. The third-order valence-corrected chi connectivity index (χ3v) is 5.91. The maximum absolute atomic E-state index is 12.5. The highest BCUT2D eigenvalue weighted by atomic mass is 31.2. The molecule has 8 nitrogen and oxygen atoms in total. The van der Waals surface area contributed by atoms with Crippen LogP contribution in [0.2, 0.25) is 0 Å². The minimum absolute atomic E-state index is 0.129. The van der Waals surface area contributed by atoms with E-state index in [4.69, 9.17) is 13.8 Å². The summed E-state index contributed by atoms with van der Waals surface area (Å²) in [6.07, 6.45) is 3.45. The van der Waals surface area contributed by atoms with Gasteiger partial charge in [-0.05, 0) is 19.4 Å². The van der Waals surface area contributed by atoms with E-state index in [2.05, 4.69) is 20.3 Å². The van der Waals surface area contributed by atoms with Crippen LogP contribution in [-0.4, -0.2) is 34.5 Å². The number of nitrogens with one attached hydrogen (secondary N) is 2. The maximum Gasteiger partial charge on any atom is 0.344 e. The minimum atomic E-state index is -3.13. The Kier molecular flexibility index (Phi) is 7.17. The fourth-order valence-electron chi connectivity index (χ4n) is 2.79. The summed E-state index contributed by atoms with van der Waals surface area (Å²) < 4.78 is 28.9. The van der Waals surface area contributed by atoms with Gasteiger partial charge >= 0.3 is 7.60 Å². The molecule has 9 heteroatoms. The van der Waals surface area contributed by atoms with Crippen molar-refractivity contribution < 1.29 is 18.3 Å². The van der Waals surface area contributed by atoms with Crippen LogP contribution in [0, 0.1) is 0 Å². The molecule has 3 aromatic rings. The molecule has 0 aliphatic heterocycles. The Morgan fingerprint density at radius 2 is 1.86 bits per heavy atom. The van der Waals surface area contributed by atoms with Gasteiger partial charge in [0.1, 0.15) is 18.5 Å². The van der Waals surface area contributed by atoms with E-state index >= 15 is 0 Å². The number of benzene rings is 1. The van der Waals surface area contributed by atoms with Crippen LogP contribution in [-0.2, 0) is 26.8 Å². The Morgan fingerprint density at radius 3 is 2.57 bits per heavy atom. The molecule has 0 unspecified atom stereocenters. The summed E-state index contributed by atoms with van der Waals surface area (Å²) in [5.41, 5.74) is 3.47. The fraction of sp³-hybridized carbons (Fsp3) is 0.368. The molecule has 2 N–H and O–H groups in total. The van der Waals surface area contributed by atoms with E-state index in [-0.39, 0.29) is 6.29 Å². The second kappa shape index (κ2) is 9.80. The first kappa shape index (κ1) is 20.5. The molecular weight excluding hydrogens is 379 g/mol. The molecule has 28 heavy (non-hydrogen) atoms. The van der Waals surface area contributed by atoms with Crippen LogP contribution in [0.5, 0.6) is 5.88 Å². The number of fused-ring (bicyclic) bond motifs is 1. The van der Waals surface area contributed by atoms with E-state index in [9.17, 15) is 4.57 Å². The highest BCUT2D eigenvalue weighted by Crippen LogP contribution is 2.46. The lowest BCUT2D eigenvalue weighted by Crippen LogP contribution is -2.17. The Bertz CT molecular complexity index is 922. The average Bonchev–Trinajstić information content (AvgIpc) is 3.11. The molecule has 0 saturated carbocycles. The Labute approximate surface area is 164 Å². The van der Waals surface area contributed by atoms with Crippen molar-refractivity contribution in [3.8, 4) is 5.88 Å². The summed E-state index contributed by atoms with van der Waals surface area (Å²) in [5, 5.41) is 3.13. The van der Waals surface area contributed by atoms with Crippen LogP contribution in [0.4, 0.5) is 0 Å². The SMILES string of the molecule is CCOP(=O)(CNCc1c[nH]c2c(OCc3ccccc3)ncnc12)OCC. The second-order valence-electron chi connectivity index (χ2n) is 6.02. The van der Waals surface area contributed by atoms with Gasteiger partial charge in [-0.1, -0.05) is 30.3 Å². The lowest BCUT2D eigenvalue weighted by atomic mass is 10.2. The van der Waals surface area contributed by atoms with Gasteiger partial charge in [0, 0.05) is 18.3 Å². The van der Waals surface area contributed by atoms with Crippen molar-refractivity contribution in [2.45, 2.75) is 27.0 Å². The lowest BCUT2D eigenvalue weighted by Gasteiger charge is -2.17. The Balaban J connectivity index is 1.66. The number of H-pyrrole nitrogens is 1. The van der Waals surface area contributed by atoms with Gasteiger partial charge in [0.25, 0.3) is 0 Å². The minimum Gasteiger partial charge on any atom is -0.471 e. The highest BCUT2D eigenvalue weighted by Gasteiger charge is 2.23. The zero-order chi connectivity index (χ0) is 19.8. The number of aromatic nitrogens is 3. The van der Waals surface area contributed by atoms with Crippen molar-refractivity contribution in [2.75, 3.05) is 19.5 Å². The molecule has 2 heterocycles. The van der Waals surface area contributed by atoms with Crippen LogP contribution < -0.4 is 10.1 Å². The van der Waals surface area contributed by atoms with Gasteiger partial charge in [-0.25, -0.2) is 4.98 Å². The van der Waals surface area contributed by atoms with E-state index in [1.165, 1.54) is 6.33 Å². The Hall–Kier alpha value is -2.25. The van der Waals surface area contributed by atoms with Crippen molar-refractivity contribution in [3.05, 3.63) is 54.0 Å². The second-order valence-corrected chi connectivity index (χ2v) is 8.08. The molecule has 0 radical (unpaired) electrons. The van der Waals surface area contributed by atoms with Gasteiger partial charge in [-0.2, -0.15) is 4.98 Å². The molecule has 0 atom stereocenters. The molecule has 150 valence electrons. The fourth-order valence-corrected chi connectivity index (χ4v) is 4.22. The molecular formula is C19H25N4O4P. The summed E-state index contributed by atoms with van der Waals surface area (Å²) in [6.45, 7) is 5.13. The first-order valence-corrected chi connectivity index (χ1v) is 10.9. The van der Waals surface area contributed by atoms with E-state index in [1.54, 1.807) is 13.8 Å². The molecule has 2 aromatic heterocycles.